The molecule has 4 aromatic carbocycles. The molecule has 1 heterocycles. The van der Waals surface area contributed by atoms with Crippen LogP contribution in [0.5, 0.6) is 23.0 Å². The van der Waals surface area contributed by atoms with Gasteiger partial charge in [-0.25, -0.2) is 0 Å². The maximum atomic E-state index is 13.4. The van der Waals surface area contributed by atoms with Crippen LogP contribution in [0.25, 0.3) is 6.08 Å². The molecule has 0 aromatic heterocycles. The number of fused-ring (bicyclic) bond motifs is 1. The summed E-state index contributed by atoms with van der Waals surface area (Å²) in [6.07, 6.45) is 1.56. The molecule has 1 aliphatic rings. The smallest absolute Gasteiger partial charge is 0.272 e. The molecule has 230 valence electrons. The highest BCUT2D eigenvalue weighted by molar-refractivity contribution is 8.00. The first-order valence-electron chi connectivity index (χ1n) is 13.9. The maximum Gasteiger partial charge on any atom is 0.272 e. The molecule has 10 nitrogen and oxygen atoms in total. The number of benzene rings is 4. The molecule has 11 heteroatoms. The van der Waals surface area contributed by atoms with E-state index in [1.54, 1.807) is 84.9 Å². The molecule has 0 radical (unpaired) electrons. The molecule has 1 unspecified atom stereocenters. The van der Waals surface area contributed by atoms with Gasteiger partial charge >= 0.3 is 0 Å². The molecular weight excluding hydrogens is 594 g/mol. The topological polar surface area (TPSA) is 124 Å². The maximum absolute atomic E-state index is 13.4. The normalized spacial score (nSPS) is 12.6. The number of thioether (sulfide) groups is 1. The Bertz CT molecular complexity index is 1730. The zero-order chi connectivity index (χ0) is 31.8. The van der Waals surface area contributed by atoms with Crippen LogP contribution in [0.1, 0.15) is 22.8 Å². The molecule has 0 saturated carbocycles. The van der Waals surface area contributed by atoms with Crippen molar-refractivity contribution in [3.05, 3.63) is 108 Å². The van der Waals surface area contributed by atoms with E-state index in [1.807, 2.05) is 19.1 Å². The van der Waals surface area contributed by atoms with E-state index in [4.69, 9.17) is 18.9 Å². The van der Waals surface area contributed by atoms with Crippen LogP contribution in [-0.2, 0) is 9.59 Å². The summed E-state index contributed by atoms with van der Waals surface area (Å²) in [5.74, 6) is 1.12. The lowest BCUT2D eigenvalue weighted by Crippen LogP contribution is -2.30. The van der Waals surface area contributed by atoms with Crippen molar-refractivity contribution < 1.29 is 33.3 Å². The van der Waals surface area contributed by atoms with Crippen molar-refractivity contribution >= 4 is 46.9 Å². The van der Waals surface area contributed by atoms with Gasteiger partial charge in [0.1, 0.15) is 5.70 Å². The lowest BCUT2D eigenvalue weighted by Gasteiger charge is -2.14. The highest BCUT2D eigenvalue weighted by Crippen LogP contribution is 2.35. The van der Waals surface area contributed by atoms with Crippen LogP contribution in [0.3, 0.4) is 0 Å². The van der Waals surface area contributed by atoms with Crippen LogP contribution in [0.2, 0.25) is 0 Å². The highest BCUT2D eigenvalue weighted by atomic mass is 32.2. The van der Waals surface area contributed by atoms with Crippen LogP contribution >= 0.6 is 11.8 Å². The van der Waals surface area contributed by atoms with Crippen LogP contribution in [0, 0.1) is 0 Å². The molecule has 1 aliphatic heterocycles. The molecule has 0 spiro atoms. The van der Waals surface area contributed by atoms with Crippen molar-refractivity contribution in [3.63, 3.8) is 0 Å². The van der Waals surface area contributed by atoms with Crippen molar-refractivity contribution in [2.45, 2.75) is 17.1 Å². The minimum Gasteiger partial charge on any atom is -0.493 e. The molecule has 3 amide bonds. The third kappa shape index (κ3) is 7.95. The van der Waals surface area contributed by atoms with Crippen molar-refractivity contribution in [1.82, 2.24) is 5.32 Å². The second kappa shape index (κ2) is 14.4. The second-order valence-corrected chi connectivity index (χ2v) is 11.2. The fourth-order valence-corrected chi connectivity index (χ4v) is 5.21. The number of hydrogen-bond acceptors (Lipinski definition) is 8. The van der Waals surface area contributed by atoms with E-state index >= 15 is 0 Å². The van der Waals surface area contributed by atoms with E-state index in [0.717, 1.165) is 4.90 Å². The van der Waals surface area contributed by atoms with E-state index in [2.05, 4.69) is 16.0 Å². The fourth-order valence-electron chi connectivity index (χ4n) is 4.34. The molecule has 0 fully saturated rings. The Morgan fingerprint density at radius 1 is 0.800 bits per heavy atom. The molecule has 4 aromatic rings. The first-order valence-corrected chi connectivity index (χ1v) is 14.8. The van der Waals surface area contributed by atoms with E-state index in [-0.39, 0.29) is 18.4 Å². The average Bonchev–Trinajstić information content (AvgIpc) is 3.53. The van der Waals surface area contributed by atoms with Crippen LogP contribution in [0.4, 0.5) is 11.4 Å². The zero-order valence-electron chi connectivity index (χ0n) is 24.8. The summed E-state index contributed by atoms with van der Waals surface area (Å²) >= 11 is 1.37. The summed E-state index contributed by atoms with van der Waals surface area (Å²) < 4.78 is 21.4. The third-order valence-electron chi connectivity index (χ3n) is 6.68. The number of carbonyl (C=O) groups is 3. The number of nitrogens with one attached hydrogen (secondary N) is 3. The Labute approximate surface area is 264 Å². The Balaban J connectivity index is 1.26. The zero-order valence-corrected chi connectivity index (χ0v) is 25.6. The van der Waals surface area contributed by atoms with Crippen LogP contribution < -0.4 is 34.9 Å². The van der Waals surface area contributed by atoms with Gasteiger partial charge in [0.05, 0.1) is 19.5 Å². The standard InChI is InChI=1S/C34H31N3O7S/c1-21(32(38)36-25-12-16-29-31(19-25)44-20-43-29)45-26-13-10-24(11-14-26)35-34(40)27(37-33(39)23-7-5-4-6-8-23)17-22-9-15-28(41-2)30(18-22)42-3/h4-19,21H,20H2,1-3H3,(H,35,40)(H,36,38)(H,37,39)/b27-17-. The number of rotatable bonds is 11. The molecule has 0 saturated heterocycles. The van der Waals surface area contributed by atoms with Crippen molar-refractivity contribution in [2.24, 2.45) is 0 Å². The van der Waals surface area contributed by atoms with Crippen molar-refractivity contribution in [2.75, 3.05) is 31.6 Å². The number of carbonyl (C=O) groups excluding carboxylic acids is 3. The Kier molecular flexibility index (Phi) is 9.90. The van der Waals surface area contributed by atoms with E-state index in [1.165, 1.54) is 26.0 Å². The molecule has 1 atom stereocenters. The molecule has 0 bridgehead atoms. The van der Waals surface area contributed by atoms with Gasteiger partial charge in [0, 0.05) is 27.9 Å². The van der Waals surface area contributed by atoms with Crippen LogP contribution in [-0.4, -0.2) is 44.0 Å². The quantitative estimate of drug-likeness (QED) is 0.138. The second-order valence-electron chi connectivity index (χ2n) is 9.79. The summed E-state index contributed by atoms with van der Waals surface area (Å²) in [5.41, 5.74) is 2.18. The van der Waals surface area contributed by atoms with E-state index in [0.29, 0.717) is 45.5 Å². The number of ether oxygens (including phenoxy) is 4. The summed E-state index contributed by atoms with van der Waals surface area (Å²) in [4.78, 5) is 40.0. The first kappa shape index (κ1) is 31.0. The lowest BCUT2D eigenvalue weighted by molar-refractivity contribution is -0.115. The largest absolute Gasteiger partial charge is 0.493 e. The number of methoxy groups -OCH3 is 2. The number of amides is 3. The number of anilines is 2. The van der Waals surface area contributed by atoms with Crippen molar-refractivity contribution in [3.8, 4) is 23.0 Å². The summed E-state index contributed by atoms with van der Waals surface area (Å²) in [6.45, 7) is 1.97. The van der Waals surface area contributed by atoms with Gasteiger partial charge in [-0.3, -0.25) is 14.4 Å². The predicted molar refractivity (Wildman–Crippen MR) is 173 cm³/mol. The van der Waals surface area contributed by atoms with Gasteiger partial charge in [-0.1, -0.05) is 24.3 Å². The van der Waals surface area contributed by atoms with Gasteiger partial charge in [0.25, 0.3) is 11.8 Å². The Hall–Kier alpha value is -5.42. The minimum absolute atomic E-state index is 0.0309. The monoisotopic (exact) mass is 625 g/mol. The summed E-state index contributed by atoms with van der Waals surface area (Å²) in [7, 11) is 3.05. The van der Waals surface area contributed by atoms with Gasteiger partial charge in [-0.2, -0.15) is 0 Å². The molecule has 3 N–H and O–H groups in total. The van der Waals surface area contributed by atoms with Crippen molar-refractivity contribution in [1.29, 1.82) is 0 Å². The van der Waals surface area contributed by atoms with E-state index < -0.39 is 17.1 Å². The van der Waals surface area contributed by atoms with Gasteiger partial charge < -0.3 is 34.9 Å². The SMILES string of the molecule is COc1ccc(/C=C(\NC(=O)c2ccccc2)C(=O)Nc2ccc(SC(C)C(=O)Nc3ccc4c(c3)OCO4)cc2)cc1OC. The lowest BCUT2D eigenvalue weighted by atomic mass is 10.1. The predicted octanol–water partition coefficient (Wildman–Crippen LogP) is 5.96. The molecule has 0 aliphatic carbocycles. The minimum atomic E-state index is -0.522. The summed E-state index contributed by atoms with van der Waals surface area (Å²) in [6, 6.07) is 26.1. The molecule has 5 rings (SSSR count). The average molecular weight is 626 g/mol. The van der Waals surface area contributed by atoms with Gasteiger partial charge in [0.15, 0.2) is 23.0 Å². The first-order chi connectivity index (χ1) is 21.8. The Morgan fingerprint density at radius 2 is 1.51 bits per heavy atom. The fraction of sp³-hybridized carbons (Fsp3) is 0.147. The Morgan fingerprint density at radius 3 is 2.24 bits per heavy atom. The van der Waals surface area contributed by atoms with Gasteiger partial charge in [-0.15, -0.1) is 11.8 Å². The molecule has 45 heavy (non-hydrogen) atoms. The number of hydrogen-bond donors (Lipinski definition) is 3. The highest BCUT2D eigenvalue weighted by Gasteiger charge is 2.19. The third-order valence-corrected chi connectivity index (χ3v) is 7.79. The van der Waals surface area contributed by atoms with Gasteiger partial charge in [0.2, 0.25) is 12.7 Å². The van der Waals surface area contributed by atoms with E-state index in [9.17, 15) is 14.4 Å². The van der Waals surface area contributed by atoms with Gasteiger partial charge in [-0.05, 0) is 79.2 Å². The molecular formula is C34H31N3O7S. The summed E-state index contributed by atoms with van der Waals surface area (Å²) in [5, 5.41) is 8.06. The van der Waals surface area contributed by atoms with Crippen LogP contribution in [0.15, 0.2) is 102 Å².